The van der Waals surface area contributed by atoms with E-state index in [1.54, 1.807) is 0 Å². The number of hydrogen-bond acceptors (Lipinski definition) is 8. The van der Waals surface area contributed by atoms with Gasteiger partial charge in [-0.05, 0) is 15.9 Å². The lowest BCUT2D eigenvalue weighted by molar-refractivity contribution is -0.297. The SMILES string of the molecule is CC(=O)OC[C@H]1O[C@@](O)(Br)[C@H](OC(C)=O)[C@@H](F)[C@@H]1OC(C)=O. The van der Waals surface area contributed by atoms with Gasteiger partial charge in [-0.25, -0.2) is 4.39 Å². The first-order chi connectivity index (χ1) is 10.0. The predicted molar refractivity (Wildman–Crippen MR) is 71.4 cm³/mol. The van der Waals surface area contributed by atoms with Crippen LogP contribution in [0.4, 0.5) is 4.39 Å². The summed E-state index contributed by atoms with van der Waals surface area (Å²) in [5.74, 6) is -2.35. The van der Waals surface area contributed by atoms with Crippen LogP contribution in [0.15, 0.2) is 0 Å². The van der Waals surface area contributed by atoms with E-state index in [4.69, 9.17) is 9.47 Å². The molecule has 0 aromatic carbocycles. The van der Waals surface area contributed by atoms with E-state index >= 15 is 0 Å². The monoisotopic (exact) mass is 386 g/mol. The molecule has 0 aliphatic carbocycles. The van der Waals surface area contributed by atoms with E-state index in [1.165, 1.54) is 0 Å². The highest BCUT2D eigenvalue weighted by molar-refractivity contribution is 9.10. The highest BCUT2D eigenvalue weighted by atomic mass is 79.9. The predicted octanol–water partition coefficient (Wildman–Crippen LogP) is 0.191. The molecular formula is C12H16BrFO8. The van der Waals surface area contributed by atoms with Gasteiger partial charge in [0.05, 0.1) is 0 Å². The zero-order valence-corrected chi connectivity index (χ0v) is 13.7. The van der Waals surface area contributed by atoms with Crippen molar-refractivity contribution in [1.82, 2.24) is 0 Å². The molecule has 1 saturated heterocycles. The molecule has 0 aromatic heterocycles. The molecule has 0 unspecified atom stereocenters. The summed E-state index contributed by atoms with van der Waals surface area (Å²) in [6, 6.07) is 0. The number of esters is 3. The Hall–Kier alpha value is -1.26. The van der Waals surface area contributed by atoms with Crippen molar-refractivity contribution < 1.29 is 42.8 Å². The van der Waals surface area contributed by atoms with E-state index in [0.29, 0.717) is 0 Å². The maximum Gasteiger partial charge on any atom is 0.303 e. The maximum absolute atomic E-state index is 14.5. The fourth-order valence-corrected chi connectivity index (χ4v) is 2.48. The van der Waals surface area contributed by atoms with Crippen molar-refractivity contribution in [3.05, 3.63) is 0 Å². The fourth-order valence-electron chi connectivity index (χ4n) is 1.90. The van der Waals surface area contributed by atoms with Gasteiger partial charge in [-0.3, -0.25) is 14.4 Å². The molecule has 1 fully saturated rings. The molecule has 5 atom stereocenters. The van der Waals surface area contributed by atoms with Crippen LogP contribution in [0.2, 0.25) is 0 Å². The lowest BCUT2D eigenvalue weighted by Crippen LogP contribution is -2.63. The molecule has 0 amide bonds. The number of alkyl halides is 2. The minimum atomic E-state index is -2.36. The zero-order valence-electron chi connectivity index (χ0n) is 12.1. The van der Waals surface area contributed by atoms with Crippen LogP contribution in [0, 0.1) is 0 Å². The number of hydrogen-bond donors (Lipinski definition) is 1. The molecule has 1 aliphatic rings. The van der Waals surface area contributed by atoms with Crippen molar-refractivity contribution in [1.29, 1.82) is 0 Å². The van der Waals surface area contributed by atoms with Gasteiger partial charge in [-0.15, -0.1) is 0 Å². The highest BCUT2D eigenvalue weighted by Gasteiger charge is 2.57. The lowest BCUT2D eigenvalue weighted by atomic mass is 10.00. The van der Waals surface area contributed by atoms with Crippen molar-refractivity contribution in [3.63, 3.8) is 0 Å². The average molecular weight is 387 g/mol. The largest absolute Gasteiger partial charge is 0.463 e. The molecule has 1 N–H and O–H groups in total. The summed E-state index contributed by atoms with van der Waals surface area (Å²) in [5.41, 5.74) is 0. The molecule has 1 heterocycles. The quantitative estimate of drug-likeness (QED) is 0.414. The van der Waals surface area contributed by atoms with Crippen molar-refractivity contribution in [2.75, 3.05) is 6.61 Å². The number of ether oxygens (including phenoxy) is 4. The molecule has 0 spiro atoms. The van der Waals surface area contributed by atoms with Crippen molar-refractivity contribution >= 4 is 33.8 Å². The summed E-state index contributed by atoms with van der Waals surface area (Å²) in [4.78, 5) is 33.0. The number of rotatable bonds is 4. The van der Waals surface area contributed by atoms with Gasteiger partial charge in [0, 0.05) is 20.8 Å². The molecule has 22 heavy (non-hydrogen) atoms. The Balaban J connectivity index is 3.00. The molecule has 0 bridgehead atoms. The van der Waals surface area contributed by atoms with Crippen LogP contribution in [0.5, 0.6) is 0 Å². The van der Waals surface area contributed by atoms with E-state index in [0.717, 1.165) is 20.8 Å². The summed E-state index contributed by atoms with van der Waals surface area (Å²) >= 11 is 2.70. The standard InChI is InChI=1S/C12H16BrFO8/c1-5(15)19-4-8-10(20-6(2)16)9(14)11(21-7(3)17)12(13,18)22-8/h8-11,18H,4H2,1-3H3/t8-,9+,10-,11-,12-/m1/s1. The zero-order chi connectivity index (χ0) is 17.1. The second-order valence-electron chi connectivity index (χ2n) is 4.62. The molecule has 1 rings (SSSR count). The van der Waals surface area contributed by atoms with Crippen molar-refractivity contribution in [3.8, 4) is 0 Å². The highest BCUT2D eigenvalue weighted by Crippen LogP contribution is 2.37. The van der Waals surface area contributed by atoms with Gasteiger partial charge in [0.2, 0.25) is 6.10 Å². The van der Waals surface area contributed by atoms with Crippen LogP contribution in [0.1, 0.15) is 20.8 Å². The first-order valence-corrected chi connectivity index (χ1v) is 7.05. The van der Waals surface area contributed by atoms with Gasteiger partial charge in [-0.1, -0.05) is 0 Å². The van der Waals surface area contributed by atoms with Crippen LogP contribution in [0.3, 0.4) is 0 Å². The van der Waals surface area contributed by atoms with E-state index in [1.807, 2.05) is 0 Å². The minimum Gasteiger partial charge on any atom is -0.463 e. The van der Waals surface area contributed by atoms with Gasteiger partial charge in [0.25, 0.3) is 4.70 Å². The topological polar surface area (TPSA) is 108 Å². The van der Waals surface area contributed by atoms with Gasteiger partial charge in [0.1, 0.15) is 12.7 Å². The number of aliphatic hydroxyl groups is 1. The normalized spacial score (nSPS) is 34.6. The first kappa shape index (κ1) is 18.8. The molecule has 0 aromatic rings. The van der Waals surface area contributed by atoms with E-state index in [2.05, 4.69) is 25.4 Å². The third-order valence-electron chi connectivity index (χ3n) is 2.68. The molecule has 10 heteroatoms. The molecule has 1 aliphatic heterocycles. The average Bonchev–Trinajstić information content (AvgIpc) is 2.35. The summed E-state index contributed by atoms with van der Waals surface area (Å²) in [6.45, 7) is 2.72. The number of carbonyl (C=O) groups is 3. The third kappa shape index (κ3) is 4.89. The maximum atomic E-state index is 14.5. The van der Waals surface area contributed by atoms with E-state index in [9.17, 15) is 23.9 Å². The first-order valence-electron chi connectivity index (χ1n) is 6.25. The summed E-state index contributed by atoms with van der Waals surface area (Å²) in [5, 5.41) is 10.0. The van der Waals surface area contributed by atoms with E-state index < -0.39 is 53.7 Å². The third-order valence-corrected chi connectivity index (χ3v) is 3.32. The summed E-state index contributed by atoms with van der Waals surface area (Å²) in [7, 11) is 0. The van der Waals surface area contributed by atoms with Crippen LogP contribution < -0.4 is 0 Å². The summed E-state index contributed by atoms with van der Waals surface area (Å²) < 4.78 is 31.5. The Morgan fingerprint density at radius 1 is 1.18 bits per heavy atom. The Bertz CT molecular complexity index is 452. The second-order valence-corrected chi connectivity index (χ2v) is 5.75. The Labute approximate surface area is 134 Å². The number of halogens is 2. The van der Waals surface area contributed by atoms with Crippen LogP contribution >= 0.6 is 15.9 Å². The van der Waals surface area contributed by atoms with Crippen LogP contribution in [-0.4, -0.2) is 58.8 Å². The lowest BCUT2D eigenvalue weighted by Gasteiger charge is -2.43. The van der Waals surface area contributed by atoms with Gasteiger partial charge in [-0.2, -0.15) is 0 Å². The molecular weight excluding hydrogens is 371 g/mol. The Morgan fingerprint density at radius 3 is 2.18 bits per heavy atom. The molecule has 0 radical (unpaired) electrons. The smallest absolute Gasteiger partial charge is 0.303 e. The van der Waals surface area contributed by atoms with Gasteiger partial charge < -0.3 is 24.1 Å². The van der Waals surface area contributed by atoms with E-state index in [-0.39, 0.29) is 0 Å². The Kier molecular flexibility index (Phi) is 6.27. The summed E-state index contributed by atoms with van der Waals surface area (Å²) in [6.07, 6.45) is -6.70. The van der Waals surface area contributed by atoms with Crippen LogP contribution in [0.25, 0.3) is 0 Å². The number of carbonyl (C=O) groups excluding carboxylic acids is 3. The Morgan fingerprint density at radius 2 is 1.73 bits per heavy atom. The minimum absolute atomic E-state index is 0.464. The fraction of sp³-hybridized carbons (Fsp3) is 0.750. The van der Waals surface area contributed by atoms with Gasteiger partial charge in [0.15, 0.2) is 12.3 Å². The van der Waals surface area contributed by atoms with Crippen molar-refractivity contribution in [2.45, 2.75) is 50.0 Å². The van der Waals surface area contributed by atoms with Crippen molar-refractivity contribution in [2.24, 2.45) is 0 Å². The molecule has 8 nitrogen and oxygen atoms in total. The molecule has 0 saturated carbocycles. The van der Waals surface area contributed by atoms with Gasteiger partial charge >= 0.3 is 17.9 Å². The molecule has 126 valence electrons. The van der Waals surface area contributed by atoms with Crippen LogP contribution in [-0.2, 0) is 33.3 Å². The second kappa shape index (κ2) is 7.34.